The molecule has 0 spiro atoms. The van der Waals surface area contributed by atoms with E-state index in [-0.39, 0.29) is 0 Å². The molecule has 6 aromatic rings. The van der Waals surface area contributed by atoms with E-state index in [1.807, 2.05) is 0 Å². The Morgan fingerprint density at radius 2 is 0.513 bits per heavy atom. The van der Waals surface area contributed by atoms with Crippen LogP contribution < -0.4 is 21.2 Å². The van der Waals surface area contributed by atoms with Gasteiger partial charge in [0, 0.05) is 19.6 Å². The standard InChI is InChI=1S/C36H28PS2/c1-5-13-29(14-6-1)37(30-15-7-2-8-16-30,31-21-25-35(26-22-31)38-33-17-9-3-10-18-33)32-23-27-36(28-24-32)39-34-19-11-4-12-20-34/h1-28H/q+1. The Bertz CT molecular complexity index is 1480. The summed E-state index contributed by atoms with van der Waals surface area (Å²) in [6.45, 7) is 0. The van der Waals surface area contributed by atoms with Crippen LogP contribution >= 0.6 is 30.8 Å². The topological polar surface area (TPSA) is 0 Å². The fourth-order valence-electron chi connectivity index (χ4n) is 4.92. The molecule has 0 aromatic heterocycles. The maximum atomic E-state index is 2.35. The van der Waals surface area contributed by atoms with Gasteiger partial charge in [0.05, 0.1) is 0 Å². The summed E-state index contributed by atoms with van der Waals surface area (Å²) in [5.74, 6) is 0. The van der Waals surface area contributed by atoms with Crippen LogP contribution in [0.4, 0.5) is 0 Å². The van der Waals surface area contributed by atoms with Gasteiger partial charge in [0.25, 0.3) is 0 Å². The minimum absolute atomic E-state index is 1.25. The van der Waals surface area contributed by atoms with Crippen LogP contribution in [0.15, 0.2) is 189 Å². The molecule has 6 aromatic carbocycles. The molecule has 0 aliphatic carbocycles. The molecule has 0 unspecified atom stereocenters. The summed E-state index contributed by atoms with van der Waals surface area (Å²) >= 11 is 3.61. The van der Waals surface area contributed by atoms with E-state index in [2.05, 4.69) is 170 Å². The summed E-state index contributed by atoms with van der Waals surface area (Å²) in [7, 11) is -2.13. The maximum absolute atomic E-state index is 2.35. The average Bonchev–Trinajstić information content (AvgIpc) is 3.01. The van der Waals surface area contributed by atoms with Crippen LogP contribution in [0.2, 0.25) is 0 Å². The highest BCUT2D eigenvalue weighted by atomic mass is 32.2. The number of hydrogen-bond acceptors (Lipinski definition) is 2. The van der Waals surface area contributed by atoms with E-state index < -0.39 is 7.26 Å². The lowest BCUT2D eigenvalue weighted by atomic mass is 10.3. The van der Waals surface area contributed by atoms with Gasteiger partial charge in [0.2, 0.25) is 0 Å². The molecule has 0 heterocycles. The third-order valence-corrected chi connectivity index (χ3v) is 13.0. The molecule has 0 saturated heterocycles. The molecule has 0 radical (unpaired) electrons. The highest BCUT2D eigenvalue weighted by Crippen LogP contribution is 2.54. The first-order valence-electron chi connectivity index (χ1n) is 13.0. The minimum Gasteiger partial charge on any atom is -0.0901 e. The van der Waals surface area contributed by atoms with Crippen molar-refractivity contribution in [3.63, 3.8) is 0 Å². The molecule has 39 heavy (non-hydrogen) atoms. The quantitative estimate of drug-likeness (QED) is 0.173. The SMILES string of the molecule is c1ccc(Sc2ccc([P+](c3ccccc3)(c3ccccc3)c3ccc(Sc4ccccc4)cc3)cc2)cc1. The summed E-state index contributed by atoms with van der Waals surface area (Å²) in [6, 6.07) is 61.9. The Kier molecular flexibility index (Phi) is 7.98. The van der Waals surface area contributed by atoms with Gasteiger partial charge in [-0.05, 0) is 97.1 Å². The van der Waals surface area contributed by atoms with Crippen LogP contribution in [0.5, 0.6) is 0 Å². The smallest absolute Gasteiger partial charge is 0.0901 e. The van der Waals surface area contributed by atoms with Crippen molar-refractivity contribution < 1.29 is 0 Å². The summed E-state index contributed by atoms with van der Waals surface area (Å²) in [5, 5.41) is 5.45. The van der Waals surface area contributed by atoms with Crippen molar-refractivity contribution in [3.05, 3.63) is 170 Å². The Hall–Kier alpha value is -3.55. The van der Waals surface area contributed by atoms with E-state index in [4.69, 9.17) is 0 Å². The van der Waals surface area contributed by atoms with Gasteiger partial charge in [-0.15, -0.1) is 0 Å². The lowest BCUT2D eigenvalue weighted by Gasteiger charge is -2.28. The molecule has 0 fully saturated rings. The van der Waals surface area contributed by atoms with Crippen molar-refractivity contribution in [1.82, 2.24) is 0 Å². The highest BCUT2D eigenvalue weighted by molar-refractivity contribution is 8.01. The zero-order chi connectivity index (χ0) is 26.3. The summed E-state index contributed by atoms with van der Waals surface area (Å²) < 4.78 is 0. The molecule has 188 valence electrons. The molecule has 0 aliphatic heterocycles. The number of benzene rings is 6. The van der Waals surface area contributed by atoms with E-state index in [0.717, 1.165) is 0 Å². The number of hydrogen-bond donors (Lipinski definition) is 0. The van der Waals surface area contributed by atoms with Gasteiger partial charge < -0.3 is 0 Å². The summed E-state index contributed by atoms with van der Waals surface area (Å²) in [5.41, 5.74) is 0. The summed E-state index contributed by atoms with van der Waals surface area (Å²) in [4.78, 5) is 5.01. The predicted octanol–water partition coefficient (Wildman–Crippen LogP) is 8.61. The van der Waals surface area contributed by atoms with Crippen LogP contribution in [-0.2, 0) is 0 Å². The molecular weight excluding hydrogens is 528 g/mol. The highest BCUT2D eigenvalue weighted by Gasteiger charge is 2.47. The first-order valence-corrected chi connectivity index (χ1v) is 16.4. The van der Waals surface area contributed by atoms with Gasteiger partial charge in [-0.1, -0.05) is 96.3 Å². The van der Waals surface area contributed by atoms with Crippen molar-refractivity contribution >= 4 is 52.0 Å². The van der Waals surface area contributed by atoms with Crippen molar-refractivity contribution in [3.8, 4) is 0 Å². The summed E-state index contributed by atoms with van der Waals surface area (Å²) in [6.07, 6.45) is 0. The van der Waals surface area contributed by atoms with E-state index in [1.165, 1.54) is 40.8 Å². The minimum atomic E-state index is -2.13. The average molecular weight is 556 g/mol. The number of rotatable bonds is 8. The van der Waals surface area contributed by atoms with E-state index in [9.17, 15) is 0 Å². The Labute approximate surface area is 240 Å². The van der Waals surface area contributed by atoms with Gasteiger partial charge in [0.15, 0.2) is 0 Å². The Morgan fingerprint density at radius 3 is 0.846 bits per heavy atom. The molecule has 0 bridgehead atoms. The Morgan fingerprint density at radius 1 is 0.256 bits per heavy atom. The van der Waals surface area contributed by atoms with Crippen LogP contribution in [0.1, 0.15) is 0 Å². The largest absolute Gasteiger partial charge is 0.144 e. The van der Waals surface area contributed by atoms with Crippen LogP contribution in [0.3, 0.4) is 0 Å². The Balaban J connectivity index is 1.47. The van der Waals surface area contributed by atoms with Crippen molar-refractivity contribution in [2.45, 2.75) is 19.6 Å². The van der Waals surface area contributed by atoms with Gasteiger partial charge in [-0.25, -0.2) is 0 Å². The van der Waals surface area contributed by atoms with Crippen LogP contribution in [-0.4, -0.2) is 0 Å². The zero-order valence-electron chi connectivity index (χ0n) is 21.4. The second-order valence-electron chi connectivity index (χ2n) is 9.16. The molecule has 3 heteroatoms. The molecule has 0 saturated carbocycles. The van der Waals surface area contributed by atoms with Crippen molar-refractivity contribution in [1.29, 1.82) is 0 Å². The van der Waals surface area contributed by atoms with Crippen LogP contribution in [0, 0.1) is 0 Å². The van der Waals surface area contributed by atoms with Gasteiger partial charge in [-0.3, -0.25) is 0 Å². The first-order chi connectivity index (χ1) is 19.3. The normalized spacial score (nSPS) is 11.3. The van der Waals surface area contributed by atoms with Gasteiger partial charge >= 0.3 is 0 Å². The molecular formula is C36H28PS2+. The third-order valence-electron chi connectivity index (χ3n) is 6.69. The first kappa shape index (κ1) is 25.7. The maximum Gasteiger partial charge on any atom is 0.144 e. The van der Waals surface area contributed by atoms with Gasteiger partial charge in [0.1, 0.15) is 28.5 Å². The fourth-order valence-corrected chi connectivity index (χ4v) is 10.8. The monoisotopic (exact) mass is 555 g/mol. The molecule has 0 nitrogen and oxygen atoms in total. The molecule has 6 rings (SSSR count). The van der Waals surface area contributed by atoms with Gasteiger partial charge in [-0.2, -0.15) is 0 Å². The van der Waals surface area contributed by atoms with Crippen molar-refractivity contribution in [2.75, 3.05) is 0 Å². The van der Waals surface area contributed by atoms with E-state index >= 15 is 0 Å². The lowest BCUT2D eigenvalue weighted by molar-refractivity contribution is 1.41. The second kappa shape index (κ2) is 12.1. The van der Waals surface area contributed by atoms with Crippen molar-refractivity contribution in [2.24, 2.45) is 0 Å². The molecule has 0 N–H and O–H groups in total. The molecule has 0 amide bonds. The van der Waals surface area contributed by atoms with E-state index in [0.29, 0.717) is 0 Å². The predicted molar refractivity (Wildman–Crippen MR) is 172 cm³/mol. The second-order valence-corrected chi connectivity index (χ2v) is 14.9. The van der Waals surface area contributed by atoms with E-state index in [1.54, 1.807) is 23.5 Å². The van der Waals surface area contributed by atoms with Crippen LogP contribution in [0.25, 0.3) is 0 Å². The third kappa shape index (κ3) is 5.60. The fraction of sp³-hybridized carbons (Fsp3) is 0. The zero-order valence-corrected chi connectivity index (χ0v) is 24.0. The molecule has 0 aliphatic rings. The molecule has 0 atom stereocenters. The lowest BCUT2D eigenvalue weighted by Crippen LogP contribution is -2.38.